The standard InChI is InChI=1S/C11H8FIN2O/c1-7(16)11-9(12)3-2-4-10(11)15-6-8(13)5-14-15/h2-6H,1H3. The maximum atomic E-state index is 13.5. The first-order chi connectivity index (χ1) is 7.59. The Morgan fingerprint density at radius 3 is 2.81 bits per heavy atom. The Morgan fingerprint density at radius 2 is 2.25 bits per heavy atom. The van der Waals surface area contributed by atoms with Crippen LogP contribution in [-0.4, -0.2) is 15.6 Å². The van der Waals surface area contributed by atoms with E-state index in [0.29, 0.717) is 5.69 Å². The van der Waals surface area contributed by atoms with Crippen LogP contribution in [-0.2, 0) is 0 Å². The van der Waals surface area contributed by atoms with Gasteiger partial charge in [-0.1, -0.05) is 6.07 Å². The van der Waals surface area contributed by atoms with Gasteiger partial charge in [-0.05, 0) is 41.6 Å². The van der Waals surface area contributed by atoms with Gasteiger partial charge in [0, 0.05) is 6.20 Å². The minimum absolute atomic E-state index is 0.0713. The van der Waals surface area contributed by atoms with E-state index in [1.165, 1.54) is 17.7 Å². The molecule has 0 bridgehead atoms. The summed E-state index contributed by atoms with van der Waals surface area (Å²) in [6, 6.07) is 4.50. The summed E-state index contributed by atoms with van der Waals surface area (Å²) in [4.78, 5) is 11.4. The van der Waals surface area contributed by atoms with Crippen molar-refractivity contribution in [2.24, 2.45) is 0 Å². The van der Waals surface area contributed by atoms with Crippen molar-refractivity contribution >= 4 is 28.4 Å². The predicted molar refractivity (Wildman–Crippen MR) is 66.2 cm³/mol. The van der Waals surface area contributed by atoms with Gasteiger partial charge in [-0.25, -0.2) is 9.07 Å². The quantitative estimate of drug-likeness (QED) is 0.627. The molecule has 0 amide bonds. The van der Waals surface area contributed by atoms with Crippen LogP contribution >= 0.6 is 22.6 Å². The van der Waals surface area contributed by atoms with Gasteiger partial charge in [-0.3, -0.25) is 4.79 Å². The van der Waals surface area contributed by atoms with E-state index >= 15 is 0 Å². The summed E-state index contributed by atoms with van der Waals surface area (Å²) in [7, 11) is 0. The van der Waals surface area contributed by atoms with Gasteiger partial charge in [-0.2, -0.15) is 5.10 Å². The van der Waals surface area contributed by atoms with Crippen LogP contribution in [0.3, 0.4) is 0 Å². The fourth-order valence-corrected chi connectivity index (χ4v) is 1.87. The Balaban J connectivity index is 2.65. The second-order valence-electron chi connectivity index (χ2n) is 3.29. The third kappa shape index (κ3) is 1.99. The van der Waals surface area contributed by atoms with Crippen molar-refractivity contribution in [2.45, 2.75) is 6.92 Å². The van der Waals surface area contributed by atoms with Crippen molar-refractivity contribution in [3.63, 3.8) is 0 Å². The number of ketones is 1. The Kier molecular flexibility index (Phi) is 3.04. The number of rotatable bonds is 2. The highest BCUT2D eigenvalue weighted by atomic mass is 127. The average Bonchev–Trinajstić information content (AvgIpc) is 2.63. The molecule has 1 aromatic heterocycles. The van der Waals surface area contributed by atoms with Crippen molar-refractivity contribution < 1.29 is 9.18 Å². The molecule has 0 aliphatic carbocycles. The maximum Gasteiger partial charge on any atom is 0.164 e. The van der Waals surface area contributed by atoms with E-state index in [-0.39, 0.29) is 11.3 Å². The molecule has 0 saturated carbocycles. The van der Waals surface area contributed by atoms with Crippen molar-refractivity contribution in [1.82, 2.24) is 9.78 Å². The third-order valence-corrected chi connectivity index (χ3v) is 2.70. The number of carbonyl (C=O) groups is 1. The van der Waals surface area contributed by atoms with Crippen LogP contribution in [0.25, 0.3) is 5.69 Å². The number of carbonyl (C=O) groups excluding carboxylic acids is 1. The second kappa shape index (κ2) is 4.32. The number of halogens is 2. The van der Waals surface area contributed by atoms with Crippen LogP contribution < -0.4 is 0 Å². The molecule has 0 saturated heterocycles. The number of nitrogens with zero attached hydrogens (tertiary/aromatic N) is 2. The lowest BCUT2D eigenvalue weighted by Gasteiger charge is -2.07. The van der Waals surface area contributed by atoms with E-state index in [1.54, 1.807) is 24.5 Å². The molecule has 82 valence electrons. The van der Waals surface area contributed by atoms with Crippen molar-refractivity contribution in [3.8, 4) is 5.69 Å². The lowest BCUT2D eigenvalue weighted by Crippen LogP contribution is -2.06. The average molecular weight is 330 g/mol. The van der Waals surface area contributed by atoms with Gasteiger partial charge in [0.1, 0.15) is 5.82 Å². The molecule has 0 N–H and O–H groups in total. The first-order valence-electron chi connectivity index (χ1n) is 4.59. The molecule has 0 unspecified atom stereocenters. The SMILES string of the molecule is CC(=O)c1c(F)cccc1-n1cc(I)cn1. The first-order valence-corrected chi connectivity index (χ1v) is 5.67. The molecule has 2 rings (SSSR count). The summed E-state index contributed by atoms with van der Waals surface area (Å²) < 4.78 is 16.0. The fourth-order valence-electron chi connectivity index (χ4n) is 1.48. The molecule has 2 aromatic rings. The summed E-state index contributed by atoms with van der Waals surface area (Å²) in [5.74, 6) is -0.825. The van der Waals surface area contributed by atoms with Crippen molar-refractivity contribution in [1.29, 1.82) is 0 Å². The number of aromatic nitrogens is 2. The van der Waals surface area contributed by atoms with E-state index in [0.717, 1.165) is 3.57 Å². The van der Waals surface area contributed by atoms with Gasteiger partial charge in [0.2, 0.25) is 0 Å². The van der Waals surface area contributed by atoms with E-state index in [2.05, 4.69) is 27.7 Å². The molecule has 3 nitrogen and oxygen atoms in total. The second-order valence-corrected chi connectivity index (χ2v) is 4.54. The van der Waals surface area contributed by atoms with Gasteiger partial charge in [0.25, 0.3) is 0 Å². The minimum atomic E-state index is -0.518. The van der Waals surface area contributed by atoms with Crippen LogP contribution in [0.5, 0.6) is 0 Å². The lowest BCUT2D eigenvalue weighted by molar-refractivity contribution is 0.101. The molecule has 0 aliphatic rings. The molecular weight excluding hydrogens is 322 g/mol. The molecule has 0 spiro atoms. The zero-order chi connectivity index (χ0) is 11.7. The topological polar surface area (TPSA) is 34.9 Å². The number of benzene rings is 1. The van der Waals surface area contributed by atoms with Gasteiger partial charge >= 0.3 is 0 Å². The van der Waals surface area contributed by atoms with Gasteiger partial charge in [0.15, 0.2) is 5.78 Å². The summed E-state index contributed by atoms with van der Waals surface area (Å²) in [5.41, 5.74) is 0.539. The summed E-state index contributed by atoms with van der Waals surface area (Å²) >= 11 is 2.10. The minimum Gasteiger partial charge on any atom is -0.294 e. The van der Waals surface area contributed by atoms with Crippen LogP contribution in [0, 0.1) is 9.39 Å². The normalized spacial score (nSPS) is 10.4. The van der Waals surface area contributed by atoms with Crippen LogP contribution in [0.1, 0.15) is 17.3 Å². The van der Waals surface area contributed by atoms with Crippen LogP contribution in [0.15, 0.2) is 30.6 Å². The molecule has 5 heteroatoms. The molecule has 1 aromatic carbocycles. The molecular formula is C11H8FIN2O. The van der Waals surface area contributed by atoms with E-state index in [4.69, 9.17) is 0 Å². The molecule has 0 atom stereocenters. The number of hydrogen-bond acceptors (Lipinski definition) is 2. The summed E-state index contributed by atoms with van der Waals surface area (Å²) in [5, 5.41) is 4.06. The van der Waals surface area contributed by atoms with Gasteiger partial charge in [-0.15, -0.1) is 0 Å². The van der Waals surface area contributed by atoms with Crippen molar-refractivity contribution in [3.05, 3.63) is 45.5 Å². The highest BCUT2D eigenvalue weighted by molar-refractivity contribution is 14.1. The zero-order valence-electron chi connectivity index (χ0n) is 8.45. The van der Waals surface area contributed by atoms with Gasteiger partial charge in [0.05, 0.1) is 21.0 Å². The largest absolute Gasteiger partial charge is 0.294 e. The molecule has 0 aliphatic heterocycles. The summed E-state index contributed by atoms with van der Waals surface area (Å²) in [6.07, 6.45) is 3.39. The van der Waals surface area contributed by atoms with E-state index in [9.17, 15) is 9.18 Å². The molecule has 0 radical (unpaired) electrons. The smallest absolute Gasteiger partial charge is 0.164 e. The highest BCUT2D eigenvalue weighted by Gasteiger charge is 2.14. The Hall–Kier alpha value is -1.24. The molecule has 16 heavy (non-hydrogen) atoms. The van der Waals surface area contributed by atoms with Crippen LogP contribution in [0.4, 0.5) is 4.39 Å². The Bertz CT molecular complexity index is 551. The van der Waals surface area contributed by atoms with Crippen molar-refractivity contribution in [2.75, 3.05) is 0 Å². The number of Topliss-reactive ketones (excluding diaryl/α,β-unsaturated/α-hetero) is 1. The maximum absolute atomic E-state index is 13.5. The number of hydrogen-bond donors (Lipinski definition) is 0. The Morgan fingerprint density at radius 1 is 1.50 bits per heavy atom. The third-order valence-electron chi connectivity index (χ3n) is 2.14. The monoisotopic (exact) mass is 330 g/mol. The molecule has 1 heterocycles. The van der Waals surface area contributed by atoms with Crippen LogP contribution in [0.2, 0.25) is 0 Å². The highest BCUT2D eigenvalue weighted by Crippen LogP contribution is 2.18. The lowest BCUT2D eigenvalue weighted by atomic mass is 10.1. The summed E-state index contributed by atoms with van der Waals surface area (Å²) in [6.45, 7) is 1.34. The molecule has 0 fully saturated rings. The van der Waals surface area contributed by atoms with E-state index in [1.807, 2.05) is 0 Å². The zero-order valence-corrected chi connectivity index (χ0v) is 10.6. The van der Waals surface area contributed by atoms with E-state index < -0.39 is 5.82 Å². The first kappa shape index (κ1) is 11.3. The fraction of sp³-hybridized carbons (Fsp3) is 0.0909. The Labute approximate surface area is 105 Å². The van der Waals surface area contributed by atoms with Gasteiger partial charge < -0.3 is 0 Å². The predicted octanol–water partition coefficient (Wildman–Crippen LogP) is 2.82.